The summed E-state index contributed by atoms with van der Waals surface area (Å²) in [6, 6.07) is 9.26. The Bertz CT molecular complexity index is 608. The number of benzene rings is 1. The molecule has 5 heteroatoms. The van der Waals surface area contributed by atoms with Crippen molar-refractivity contribution in [3.63, 3.8) is 0 Å². The van der Waals surface area contributed by atoms with Crippen molar-refractivity contribution in [1.82, 2.24) is 5.32 Å². The average Bonchev–Trinajstić information content (AvgIpc) is 3.05. The van der Waals surface area contributed by atoms with Gasteiger partial charge in [0.25, 0.3) is 0 Å². The van der Waals surface area contributed by atoms with Crippen molar-refractivity contribution in [2.75, 3.05) is 13.7 Å². The van der Waals surface area contributed by atoms with Gasteiger partial charge in [-0.05, 0) is 46.2 Å². The molecule has 0 fully saturated rings. The van der Waals surface area contributed by atoms with Crippen LogP contribution in [0.4, 0.5) is 0 Å². The molecule has 110 valence electrons. The zero-order valence-corrected chi connectivity index (χ0v) is 12.5. The van der Waals surface area contributed by atoms with E-state index in [2.05, 4.69) is 5.32 Å². The van der Waals surface area contributed by atoms with Crippen LogP contribution in [0, 0.1) is 0 Å². The fraction of sp³-hybridized carbons (Fsp3) is 0.188. The van der Waals surface area contributed by atoms with Gasteiger partial charge in [-0.1, -0.05) is 12.1 Å². The number of aliphatic hydroxyl groups excluding tert-OH is 1. The van der Waals surface area contributed by atoms with Crippen LogP contribution < -0.4 is 10.1 Å². The zero-order valence-electron chi connectivity index (χ0n) is 11.7. The average molecular weight is 303 g/mol. The van der Waals surface area contributed by atoms with Gasteiger partial charge in [0, 0.05) is 12.6 Å². The van der Waals surface area contributed by atoms with Crippen molar-refractivity contribution in [2.24, 2.45) is 0 Å². The van der Waals surface area contributed by atoms with E-state index in [0.717, 1.165) is 16.9 Å². The van der Waals surface area contributed by atoms with Gasteiger partial charge >= 0.3 is 0 Å². The molecule has 0 aliphatic carbocycles. The maximum absolute atomic E-state index is 11.7. The molecule has 4 nitrogen and oxygen atoms in total. The minimum Gasteiger partial charge on any atom is -0.497 e. The molecular formula is C16H17NO3S. The lowest BCUT2D eigenvalue weighted by Gasteiger charge is -2.08. The highest BCUT2D eigenvalue weighted by atomic mass is 32.1. The maximum Gasteiger partial charge on any atom is 0.244 e. The minimum absolute atomic E-state index is 0.192. The lowest BCUT2D eigenvalue weighted by atomic mass is 10.2. The Morgan fingerprint density at radius 1 is 1.48 bits per heavy atom. The van der Waals surface area contributed by atoms with Gasteiger partial charge in [-0.15, -0.1) is 0 Å². The normalized spacial score (nSPS) is 12.3. The number of thiophene rings is 1. The van der Waals surface area contributed by atoms with Crippen molar-refractivity contribution >= 4 is 23.3 Å². The third kappa shape index (κ3) is 4.73. The number of carbonyl (C=O) groups is 1. The molecule has 2 N–H and O–H groups in total. The number of nitrogens with one attached hydrogen (secondary N) is 1. The molecule has 0 saturated carbocycles. The van der Waals surface area contributed by atoms with Crippen LogP contribution in [0.1, 0.15) is 17.2 Å². The smallest absolute Gasteiger partial charge is 0.244 e. The monoisotopic (exact) mass is 303 g/mol. The first-order chi connectivity index (χ1) is 10.2. The third-order valence-corrected chi connectivity index (χ3v) is 3.62. The van der Waals surface area contributed by atoms with E-state index >= 15 is 0 Å². The molecule has 0 bridgehead atoms. The summed E-state index contributed by atoms with van der Waals surface area (Å²) >= 11 is 1.51. The third-order valence-electron chi connectivity index (χ3n) is 2.92. The predicted octanol–water partition coefficient (Wildman–Crippen LogP) is 2.62. The van der Waals surface area contributed by atoms with Crippen molar-refractivity contribution in [3.05, 3.63) is 58.3 Å². The van der Waals surface area contributed by atoms with E-state index in [1.165, 1.54) is 17.4 Å². The lowest BCUT2D eigenvalue weighted by molar-refractivity contribution is -0.116. The largest absolute Gasteiger partial charge is 0.497 e. The Kier molecular flexibility index (Phi) is 5.54. The van der Waals surface area contributed by atoms with Gasteiger partial charge < -0.3 is 15.2 Å². The quantitative estimate of drug-likeness (QED) is 0.807. The molecule has 2 rings (SSSR count). The number of methoxy groups -OCH3 is 1. The van der Waals surface area contributed by atoms with Crippen LogP contribution in [-0.2, 0) is 4.79 Å². The van der Waals surface area contributed by atoms with Crippen LogP contribution in [0.2, 0.25) is 0 Å². The summed E-state index contributed by atoms with van der Waals surface area (Å²) in [7, 11) is 1.60. The van der Waals surface area contributed by atoms with Crippen LogP contribution >= 0.6 is 11.3 Å². The van der Waals surface area contributed by atoms with Gasteiger partial charge in [0.1, 0.15) is 5.75 Å². The molecule has 21 heavy (non-hydrogen) atoms. The van der Waals surface area contributed by atoms with Crippen molar-refractivity contribution in [1.29, 1.82) is 0 Å². The number of amides is 1. The number of hydrogen-bond acceptors (Lipinski definition) is 4. The van der Waals surface area contributed by atoms with E-state index in [9.17, 15) is 9.90 Å². The Balaban J connectivity index is 1.85. The van der Waals surface area contributed by atoms with E-state index in [1.54, 1.807) is 13.2 Å². The van der Waals surface area contributed by atoms with Crippen molar-refractivity contribution in [3.8, 4) is 5.75 Å². The Morgan fingerprint density at radius 2 is 2.33 bits per heavy atom. The Morgan fingerprint density at radius 3 is 3.05 bits per heavy atom. The number of aliphatic hydroxyl groups is 1. The highest BCUT2D eigenvalue weighted by molar-refractivity contribution is 7.07. The Hall–Kier alpha value is -2.11. The molecule has 0 radical (unpaired) electrons. The molecule has 0 aliphatic rings. The number of ether oxygens (including phenoxy) is 1. The van der Waals surface area contributed by atoms with Crippen LogP contribution in [-0.4, -0.2) is 24.7 Å². The van der Waals surface area contributed by atoms with E-state index in [0.29, 0.717) is 0 Å². The summed E-state index contributed by atoms with van der Waals surface area (Å²) in [6.07, 6.45) is 2.47. The molecular weight excluding hydrogens is 286 g/mol. The van der Waals surface area contributed by atoms with Gasteiger partial charge in [0.2, 0.25) is 5.91 Å². The molecule has 1 aromatic carbocycles. The summed E-state index contributed by atoms with van der Waals surface area (Å²) in [6.45, 7) is 0.192. The first-order valence-electron chi connectivity index (χ1n) is 6.49. The van der Waals surface area contributed by atoms with Crippen LogP contribution in [0.3, 0.4) is 0 Å². The second-order valence-electron chi connectivity index (χ2n) is 4.43. The molecule has 0 saturated heterocycles. The summed E-state index contributed by atoms with van der Waals surface area (Å²) < 4.78 is 5.12. The maximum atomic E-state index is 11.7. The first kappa shape index (κ1) is 15.3. The van der Waals surface area contributed by atoms with Gasteiger partial charge in [0.05, 0.1) is 13.2 Å². The number of carbonyl (C=O) groups excluding carboxylic acids is 1. The molecule has 0 aliphatic heterocycles. The standard InChI is InChI=1S/C16H17NO3S/c1-20-14-4-2-3-12(9-14)5-6-16(19)17-10-15(18)13-7-8-21-11-13/h2-9,11,15,18H,10H2,1H3,(H,17,19)/b6-5+. The topological polar surface area (TPSA) is 58.6 Å². The van der Waals surface area contributed by atoms with Gasteiger partial charge in [-0.25, -0.2) is 0 Å². The molecule has 2 aromatic rings. The van der Waals surface area contributed by atoms with E-state index < -0.39 is 6.10 Å². The SMILES string of the molecule is COc1cccc(/C=C/C(=O)NCC(O)c2ccsc2)c1. The number of hydrogen-bond donors (Lipinski definition) is 2. The molecule has 1 aromatic heterocycles. The van der Waals surface area contributed by atoms with E-state index in [4.69, 9.17) is 4.74 Å². The summed E-state index contributed by atoms with van der Waals surface area (Å²) in [5.41, 5.74) is 1.69. The van der Waals surface area contributed by atoms with Crippen LogP contribution in [0.25, 0.3) is 6.08 Å². The van der Waals surface area contributed by atoms with Crippen LogP contribution in [0.15, 0.2) is 47.2 Å². The summed E-state index contributed by atoms with van der Waals surface area (Å²) in [5.74, 6) is 0.498. The highest BCUT2D eigenvalue weighted by Gasteiger charge is 2.08. The zero-order chi connectivity index (χ0) is 15.1. The van der Waals surface area contributed by atoms with Crippen molar-refractivity contribution in [2.45, 2.75) is 6.10 Å². The molecule has 1 heterocycles. The van der Waals surface area contributed by atoms with E-state index in [-0.39, 0.29) is 12.5 Å². The molecule has 1 atom stereocenters. The lowest BCUT2D eigenvalue weighted by Crippen LogP contribution is -2.26. The first-order valence-corrected chi connectivity index (χ1v) is 7.43. The van der Waals surface area contributed by atoms with Crippen LogP contribution in [0.5, 0.6) is 5.75 Å². The molecule has 1 amide bonds. The van der Waals surface area contributed by atoms with Gasteiger partial charge in [-0.2, -0.15) is 11.3 Å². The fourth-order valence-electron chi connectivity index (χ4n) is 1.76. The number of rotatable bonds is 6. The summed E-state index contributed by atoms with van der Waals surface area (Å²) in [5, 5.41) is 16.3. The van der Waals surface area contributed by atoms with Gasteiger partial charge in [0.15, 0.2) is 0 Å². The summed E-state index contributed by atoms with van der Waals surface area (Å²) in [4.78, 5) is 11.7. The Labute approximate surface area is 127 Å². The van der Waals surface area contributed by atoms with Crippen molar-refractivity contribution < 1.29 is 14.6 Å². The minimum atomic E-state index is -0.676. The molecule has 1 unspecified atom stereocenters. The fourth-order valence-corrected chi connectivity index (χ4v) is 2.46. The predicted molar refractivity (Wildman–Crippen MR) is 84.3 cm³/mol. The second kappa shape index (κ2) is 7.61. The van der Waals surface area contributed by atoms with E-state index in [1.807, 2.05) is 41.1 Å². The van der Waals surface area contributed by atoms with Gasteiger partial charge in [-0.3, -0.25) is 4.79 Å². The second-order valence-corrected chi connectivity index (χ2v) is 5.21. The highest BCUT2D eigenvalue weighted by Crippen LogP contribution is 2.15. The molecule has 0 spiro atoms.